The Morgan fingerprint density at radius 3 is 2.21 bits per heavy atom. The molecule has 1 amide bonds. The van der Waals surface area contributed by atoms with E-state index in [0.29, 0.717) is 28.3 Å². The normalized spacial score (nSPS) is 17.2. The average molecular weight is 458 g/mol. The Morgan fingerprint density at radius 2 is 1.59 bits per heavy atom. The van der Waals surface area contributed by atoms with E-state index in [1.807, 2.05) is 45.0 Å². The van der Waals surface area contributed by atoms with Crippen LogP contribution >= 0.6 is 0 Å². The second-order valence-corrected chi connectivity index (χ2v) is 8.48. The molecule has 1 N–H and O–H groups in total. The Morgan fingerprint density at radius 1 is 0.882 bits per heavy atom. The quantitative estimate of drug-likeness (QED) is 0.322. The molecule has 174 valence electrons. The van der Waals surface area contributed by atoms with E-state index in [0.717, 1.165) is 16.7 Å². The summed E-state index contributed by atoms with van der Waals surface area (Å²) in [6.07, 6.45) is 0. The lowest BCUT2D eigenvalue weighted by molar-refractivity contribution is -0.132. The molecule has 1 fully saturated rings. The predicted molar refractivity (Wildman–Crippen MR) is 131 cm³/mol. The highest BCUT2D eigenvalue weighted by atomic mass is 16.5. The Balaban J connectivity index is 1.97. The number of benzene rings is 3. The highest BCUT2D eigenvalue weighted by Crippen LogP contribution is 2.43. The lowest BCUT2D eigenvalue weighted by Crippen LogP contribution is -2.29. The fraction of sp³-hybridized carbons (Fsp3) is 0.214. The fourth-order valence-electron chi connectivity index (χ4n) is 4.50. The van der Waals surface area contributed by atoms with Gasteiger partial charge in [0.1, 0.15) is 17.3 Å². The third-order valence-corrected chi connectivity index (χ3v) is 6.01. The molecule has 0 aliphatic carbocycles. The number of aryl methyl sites for hydroxylation is 3. The molecule has 0 bridgehead atoms. The number of methoxy groups -OCH3 is 2. The van der Waals surface area contributed by atoms with Crippen LogP contribution in [0.2, 0.25) is 0 Å². The van der Waals surface area contributed by atoms with Crippen molar-refractivity contribution in [2.45, 2.75) is 26.8 Å². The number of carbonyl (C=O) groups excluding carboxylic acids is 2. The zero-order valence-corrected chi connectivity index (χ0v) is 19.9. The second-order valence-electron chi connectivity index (χ2n) is 8.48. The summed E-state index contributed by atoms with van der Waals surface area (Å²) >= 11 is 0. The zero-order chi connectivity index (χ0) is 24.6. The van der Waals surface area contributed by atoms with Crippen molar-refractivity contribution in [1.82, 2.24) is 0 Å². The molecule has 6 nitrogen and oxygen atoms in total. The van der Waals surface area contributed by atoms with Gasteiger partial charge in [-0.2, -0.15) is 0 Å². The van der Waals surface area contributed by atoms with E-state index in [-0.39, 0.29) is 11.3 Å². The van der Waals surface area contributed by atoms with Gasteiger partial charge in [0.15, 0.2) is 0 Å². The van der Waals surface area contributed by atoms with Gasteiger partial charge in [-0.15, -0.1) is 0 Å². The molecule has 1 unspecified atom stereocenters. The molecular formula is C28H27NO5. The van der Waals surface area contributed by atoms with E-state index >= 15 is 0 Å². The largest absolute Gasteiger partial charge is 0.507 e. The van der Waals surface area contributed by atoms with Crippen LogP contribution in [0, 0.1) is 20.8 Å². The van der Waals surface area contributed by atoms with Gasteiger partial charge in [0.05, 0.1) is 25.8 Å². The number of aliphatic hydroxyl groups excluding tert-OH is 1. The minimum Gasteiger partial charge on any atom is -0.507 e. The van der Waals surface area contributed by atoms with Crippen molar-refractivity contribution in [1.29, 1.82) is 0 Å². The van der Waals surface area contributed by atoms with Gasteiger partial charge in [-0.25, -0.2) is 0 Å². The summed E-state index contributed by atoms with van der Waals surface area (Å²) in [6, 6.07) is 17.2. The van der Waals surface area contributed by atoms with E-state index in [1.165, 1.54) is 4.90 Å². The van der Waals surface area contributed by atoms with Crippen LogP contribution in [0.15, 0.2) is 66.2 Å². The smallest absolute Gasteiger partial charge is 0.300 e. The van der Waals surface area contributed by atoms with E-state index in [1.54, 1.807) is 50.6 Å². The minimum absolute atomic E-state index is 0.0296. The molecule has 1 aliphatic heterocycles. The summed E-state index contributed by atoms with van der Waals surface area (Å²) in [5.74, 6) is -0.410. The van der Waals surface area contributed by atoms with E-state index in [4.69, 9.17) is 9.47 Å². The molecule has 3 aromatic carbocycles. The molecule has 0 spiro atoms. The van der Waals surface area contributed by atoms with Crippen molar-refractivity contribution in [2.75, 3.05) is 19.1 Å². The first-order valence-electron chi connectivity index (χ1n) is 10.9. The van der Waals surface area contributed by atoms with Crippen molar-refractivity contribution in [3.8, 4) is 11.5 Å². The molecule has 34 heavy (non-hydrogen) atoms. The van der Waals surface area contributed by atoms with Gasteiger partial charge in [-0.1, -0.05) is 18.2 Å². The Labute approximate surface area is 199 Å². The molecule has 1 saturated heterocycles. The van der Waals surface area contributed by atoms with Crippen LogP contribution in [0.5, 0.6) is 11.5 Å². The number of Topliss-reactive ketones (excluding diaryl/α,β-unsaturated/α-hetero) is 1. The summed E-state index contributed by atoms with van der Waals surface area (Å²) in [7, 11) is 3.13. The van der Waals surface area contributed by atoms with Crippen LogP contribution in [-0.4, -0.2) is 31.0 Å². The molecular weight excluding hydrogens is 430 g/mol. The van der Waals surface area contributed by atoms with Crippen molar-refractivity contribution < 1.29 is 24.2 Å². The predicted octanol–water partition coefficient (Wildman–Crippen LogP) is 5.26. The van der Waals surface area contributed by atoms with Crippen molar-refractivity contribution in [3.05, 3.63) is 94.1 Å². The van der Waals surface area contributed by atoms with Crippen LogP contribution in [0.25, 0.3) is 5.76 Å². The second kappa shape index (κ2) is 9.06. The third kappa shape index (κ3) is 4.03. The Hall–Kier alpha value is -4.06. The number of hydrogen-bond donors (Lipinski definition) is 1. The average Bonchev–Trinajstić information content (AvgIpc) is 3.08. The van der Waals surface area contributed by atoms with Crippen molar-refractivity contribution in [3.63, 3.8) is 0 Å². The first-order chi connectivity index (χ1) is 16.2. The summed E-state index contributed by atoms with van der Waals surface area (Å²) in [5, 5.41) is 11.3. The van der Waals surface area contributed by atoms with Crippen molar-refractivity contribution >= 4 is 23.1 Å². The minimum atomic E-state index is -0.821. The highest BCUT2D eigenvalue weighted by Gasteiger charge is 2.47. The maximum absolute atomic E-state index is 13.4. The van der Waals surface area contributed by atoms with Gasteiger partial charge in [-0.3, -0.25) is 14.5 Å². The number of aliphatic hydroxyl groups is 1. The maximum atomic E-state index is 13.4. The lowest BCUT2D eigenvalue weighted by Gasteiger charge is -2.26. The van der Waals surface area contributed by atoms with Gasteiger partial charge in [0.25, 0.3) is 11.7 Å². The summed E-state index contributed by atoms with van der Waals surface area (Å²) < 4.78 is 10.7. The number of anilines is 1. The van der Waals surface area contributed by atoms with Crippen LogP contribution < -0.4 is 14.4 Å². The topological polar surface area (TPSA) is 76.1 Å². The van der Waals surface area contributed by atoms with E-state index in [9.17, 15) is 14.7 Å². The molecule has 0 saturated carbocycles. The SMILES string of the molecule is COc1cccc(C2/C(=C(/O)c3ccc(OC)c(C)c3)C(=O)C(=O)N2c2cc(C)cc(C)c2)c1. The van der Waals surface area contributed by atoms with Crippen LogP contribution in [0.3, 0.4) is 0 Å². The summed E-state index contributed by atoms with van der Waals surface area (Å²) in [6.45, 7) is 5.73. The Bertz CT molecular complexity index is 1300. The van der Waals surface area contributed by atoms with Crippen molar-refractivity contribution in [2.24, 2.45) is 0 Å². The van der Waals surface area contributed by atoms with Gasteiger partial charge in [0.2, 0.25) is 0 Å². The first kappa shape index (κ1) is 23.1. The fourth-order valence-corrected chi connectivity index (χ4v) is 4.50. The number of ether oxygens (including phenoxy) is 2. The zero-order valence-electron chi connectivity index (χ0n) is 19.9. The number of carbonyl (C=O) groups is 2. The molecule has 0 radical (unpaired) electrons. The van der Waals surface area contributed by atoms with Gasteiger partial charge in [-0.05, 0) is 85.5 Å². The molecule has 3 aromatic rings. The van der Waals surface area contributed by atoms with Gasteiger partial charge < -0.3 is 14.6 Å². The highest BCUT2D eigenvalue weighted by molar-refractivity contribution is 6.51. The number of hydrogen-bond acceptors (Lipinski definition) is 5. The Kier molecular flexibility index (Phi) is 6.16. The molecule has 0 aromatic heterocycles. The van der Waals surface area contributed by atoms with E-state index in [2.05, 4.69) is 0 Å². The summed E-state index contributed by atoms with van der Waals surface area (Å²) in [5.41, 5.74) is 4.45. The maximum Gasteiger partial charge on any atom is 0.300 e. The monoisotopic (exact) mass is 457 g/mol. The molecule has 1 atom stereocenters. The lowest BCUT2D eigenvalue weighted by atomic mass is 9.94. The van der Waals surface area contributed by atoms with Gasteiger partial charge >= 0.3 is 0 Å². The molecule has 1 heterocycles. The number of amides is 1. The van der Waals surface area contributed by atoms with Gasteiger partial charge in [0, 0.05) is 11.3 Å². The van der Waals surface area contributed by atoms with E-state index < -0.39 is 17.7 Å². The number of ketones is 1. The van der Waals surface area contributed by atoms with Crippen LogP contribution in [-0.2, 0) is 9.59 Å². The summed E-state index contributed by atoms with van der Waals surface area (Å²) in [4.78, 5) is 28.2. The third-order valence-electron chi connectivity index (χ3n) is 6.01. The van der Waals surface area contributed by atoms with Crippen LogP contribution in [0.4, 0.5) is 5.69 Å². The number of nitrogens with zero attached hydrogens (tertiary/aromatic N) is 1. The molecule has 6 heteroatoms. The first-order valence-corrected chi connectivity index (χ1v) is 10.9. The molecule has 1 aliphatic rings. The molecule has 4 rings (SSSR count). The standard InChI is InChI=1S/C28H27NO5/c1-16-11-17(2)13-21(12-16)29-25(19-7-6-8-22(15-19)33-4)24(27(31)28(29)32)26(30)20-9-10-23(34-5)18(3)14-20/h6-15,25,30H,1-5H3/b26-24-. The number of rotatable bonds is 5. The van der Waals surface area contributed by atoms with Crippen LogP contribution in [0.1, 0.15) is 33.9 Å².